The first kappa shape index (κ1) is 11.4. The maximum Gasteiger partial charge on any atom is 0.163 e. The van der Waals surface area contributed by atoms with Crippen molar-refractivity contribution in [3.63, 3.8) is 0 Å². The number of hydrogen-bond donors (Lipinski definition) is 2. The van der Waals surface area contributed by atoms with Crippen molar-refractivity contribution in [2.24, 2.45) is 11.7 Å². The van der Waals surface area contributed by atoms with Crippen LogP contribution in [-0.4, -0.2) is 17.9 Å². The highest BCUT2D eigenvalue weighted by atomic mass is 19.2. The van der Waals surface area contributed by atoms with E-state index >= 15 is 0 Å². The van der Waals surface area contributed by atoms with Crippen LogP contribution >= 0.6 is 0 Å². The van der Waals surface area contributed by atoms with E-state index in [1.165, 1.54) is 12.1 Å². The molecular weight excluding hydrogens is 219 g/mol. The molecule has 5 heteroatoms. The van der Waals surface area contributed by atoms with Crippen LogP contribution in [-0.2, 0) is 5.54 Å². The molecule has 2 nitrogen and oxygen atoms in total. The molecule has 1 aromatic rings. The highest BCUT2D eigenvalue weighted by Gasteiger charge is 2.52. The van der Waals surface area contributed by atoms with Gasteiger partial charge in [-0.2, -0.15) is 0 Å². The first-order valence-corrected chi connectivity index (χ1v) is 4.98. The van der Waals surface area contributed by atoms with Crippen LogP contribution in [0.5, 0.6) is 0 Å². The molecule has 0 radical (unpaired) electrons. The van der Waals surface area contributed by atoms with Crippen LogP contribution in [0.25, 0.3) is 0 Å². The summed E-state index contributed by atoms with van der Waals surface area (Å²) in [5, 5.41) is 9.25. The SMILES string of the molecule is N[C@](CF)(c1cccc(F)c1F)[C@H]1CC1O. The fourth-order valence-corrected chi connectivity index (χ4v) is 1.97. The first-order chi connectivity index (χ1) is 7.50. The Hall–Kier alpha value is -1.07. The molecule has 1 fully saturated rings. The van der Waals surface area contributed by atoms with Crippen molar-refractivity contribution < 1.29 is 18.3 Å². The van der Waals surface area contributed by atoms with E-state index in [0.29, 0.717) is 6.42 Å². The number of rotatable bonds is 3. The van der Waals surface area contributed by atoms with Gasteiger partial charge in [-0.3, -0.25) is 0 Å². The van der Waals surface area contributed by atoms with E-state index in [4.69, 9.17) is 5.73 Å². The van der Waals surface area contributed by atoms with Gasteiger partial charge in [0.2, 0.25) is 0 Å². The van der Waals surface area contributed by atoms with E-state index in [2.05, 4.69) is 0 Å². The number of nitrogens with two attached hydrogens (primary N) is 1. The molecule has 0 bridgehead atoms. The van der Waals surface area contributed by atoms with Crippen molar-refractivity contribution in [1.29, 1.82) is 0 Å². The quantitative estimate of drug-likeness (QED) is 0.827. The van der Waals surface area contributed by atoms with Gasteiger partial charge in [0.25, 0.3) is 0 Å². The largest absolute Gasteiger partial charge is 0.393 e. The van der Waals surface area contributed by atoms with Crippen molar-refractivity contribution in [1.82, 2.24) is 0 Å². The number of halogens is 3. The average molecular weight is 231 g/mol. The van der Waals surface area contributed by atoms with Crippen molar-refractivity contribution >= 4 is 0 Å². The topological polar surface area (TPSA) is 46.2 Å². The Morgan fingerprint density at radius 2 is 2.06 bits per heavy atom. The highest BCUT2D eigenvalue weighted by Crippen LogP contribution is 2.45. The Bertz CT molecular complexity index is 412. The molecule has 3 N–H and O–H groups in total. The molecule has 3 atom stereocenters. The summed E-state index contributed by atoms with van der Waals surface area (Å²) in [4.78, 5) is 0. The zero-order valence-corrected chi connectivity index (χ0v) is 8.46. The van der Waals surface area contributed by atoms with Crippen molar-refractivity contribution in [3.8, 4) is 0 Å². The predicted molar refractivity (Wildman–Crippen MR) is 52.3 cm³/mol. The van der Waals surface area contributed by atoms with Gasteiger partial charge in [-0.1, -0.05) is 12.1 Å². The van der Waals surface area contributed by atoms with Crippen molar-refractivity contribution in [3.05, 3.63) is 35.4 Å². The van der Waals surface area contributed by atoms with Gasteiger partial charge in [0.15, 0.2) is 11.6 Å². The number of alkyl halides is 1. The van der Waals surface area contributed by atoms with Gasteiger partial charge in [0.1, 0.15) is 6.67 Å². The van der Waals surface area contributed by atoms with Gasteiger partial charge in [0.05, 0.1) is 11.6 Å². The molecule has 1 aliphatic carbocycles. The van der Waals surface area contributed by atoms with Crippen LogP contribution in [0, 0.1) is 17.6 Å². The van der Waals surface area contributed by atoms with E-state index in [1.54, 1.807) is 0 Å². The number of benzene rings is 1. The Kier molecular flexibility index (Phi) is 2.67. The zero-order valence-electron chi connectivity index (χ0n) is 8.46. The Morgan fingerprint density at radius 1 is 1.44 bits per heavy atom. The third-order valence-electron chi connectivity index (χ3n) is 3.09. The molecule has 1 aromatic carbocycles. The number of aliphatic hydroxyl groups is 1. The second-order valence-electron chi connectivity index (χ2n) is 4.18. The second kappa shape index (κ2) is 3.75. The van der Waals surface area contributed by atoms with Gasteiger partial charge < -0.3 is 10.8 Å². The van der Waals surface area contributed by atoms with Crippen molar-refractivity contribution in [2.75, 3.05) is 6.67 Å². The molecule has 0 aliphatic heterocycles. The predicted octanol–water partition coefficient (Wildman–Crippen LogP) is 1.47. The van der Waals surface area contributed by atoms with Gasteiger partial charge >= 0.3 is 0 Å². The summed E-state index contributed by atoms with van der Waals surface area (Å²) in [6, 6.07) is 3.48. The van der Waals surface area contributed by atoms with Crippen LogP contribution < -0.4 is 5.73 Å². The van der Waals surface area contributed by atoms with Crippen LogP contribution in [0.4, 0.5) is 13.2 Å². The Balaban J connectivity index is 2.44. The van der Waals surface area contributed by atoms with E-state index in [-0.39, 0.29) is 5.56 Å². The minimum atomic E-state index is -1.63. The minimum Gasteiger partial charge on any atom is -0.393 e. The molecule has 0 heterocycles. The molecule has 0 spiro atoms. The van der Waals surface area contributed by atoms with Crippen molar-refractivity contribution in [2.45, 2.75) is 18.1 Å². The van der Waals surface area contributed by atoms with Crippen LogP contribution in [0.3, 0.4) is 0 Å². The minimum absolute atomic E-state index is 0.212. The monoisotopic (exact) mass is 231 g/mol. The second-order valence-corrected chi connectivity index (χ2v) is 4.18. The Morgan fingerprint density at radius 3 is 2.56 bits per heavy atom. The molecule has 0 saturated heterocycles. The molecule has 1 unspecified atom stereocenters. The highest BCUT2D eigenvalue weighted by molar-refractivity contribution is 5.30. The van der Waals surface area contributed by atoms with Crippen LogP contribution in [0.15, 0.2) is 18.2 Å². The van der Waals surface area contributed by atoms with Crippen LogP contribution in [0.2, 0.25) is 0 Å². The summed E-state index contributed by atoms with van der Waals surface area (Å²) in [5.74, 6) is -2.74. The molecule has 0 amide bonds. The molecule has 0 aromatic heterocycles. The summed E-state index contributed by atoms with van der Waals surface area (Å²) < 4.78 is 39.5. The lowest BCUT2D eigenvalue weighted by atomic mass is 9.86. The Labute approximate surface area is 90.9 Å². The standard InChI is InChI=1S/C11H12F3NO/c12-5-11(15,7-4-9(7)16)6-2-1-3-8(13)10(6)14/h1-3,7,9,16H,4-5,15H2/t7-,9?,11+/m0/s1. The van der Waals surface area contributed by atoms with Crippen LogP contribution in [0.1, 0.15) is 12.0 Å². The molecule has 2 rings (SSSR count). The fourth-order valence-electron chi connectivity index (χ4n) is 1.97. The smallest absolute Gasteiger partial charge is 0.163 e. The third-order valence-corrected chi connectivity index (χ3v) is 3.09. The molecular formula is C11H12F3NO. The number of aliphatic hydroxyl groups excluding tert-OH is 1. The number of hydrogen-bond acceptors (Lipinski definition) is 2. The summed E-state index contributed by atoms with van der Waals surface area (Å²) in [6.07, 6.45) is -0.417. The van der Waals surface area contributed by atoms with E-state index in [0.717, 1.165) is 6.07 Å². The lowest BCUT2D eigenvalue weighted by molar-refractivity contribution is 0.194. The summed E-state index contributed by atoms with van der Waals surface area (Å²) >= 11 is 0. The molecule has 1 saturated carbocycles. The average Bonchev–Trinajstić information content (AvgIpc) is 2.99. The molecule has 16 heavy (non-hydrogen) atoms. The fraction of sp³-hybridized carbons (Fsp3) is 0.455. The summed E-state index contributed by atoms with van der Waals surface area (Å²) in [5.41, 5.74) is 3.90. The third kappa shape index (κ3) is 1.60. The lowest BCUT2D eigenvalue weighted by Crippen LogP contribution is -2.43. The summed E-state index contributed by atoms with van der Waals surface area (Å²) in [7, 11) is 0. The van der Waals surface area contributed by atoms with Gasteiger partial charge in [-0.05, 0) is 12.5 Å². The maximum atomic E-state index is 13.5. The van der Waals surface area contributed by atoms with Gasteiger partial charge in [-0.25, -0.2) is 13.2 Å². The van der Waals surface area contributed by atoms with E-state index in [1.807, 2.05) is 0 Å². The molecule has 88 valence electrons. The van der Waals surface area contributed by atoms with E-state index < -0.39 is 35.9 Å². The molecule has 1 aliphatic rings. The van der Waals surface area contributed by atoms with Gasteiger partial charge in [-0.15, -0.1) is 0 Å². The zero-order chi connectivity index (χ0) is 11.9. The first-order valence-electron chi connectivity index (χ1n) is 4.98. The summed E-state index contributed by atoms with van der Waals surface area (Å²) in [6.45, 7) is -1.03. The van der Waals surface area contributed by atoms with E-state index in [9.17, 15) is 18.3 Å². The normalized spacial score (nSPS) is 27.6. The lowest BCUT2D eigenvalue weighted by Gasteiger charge is -2.27. The maximum absolute atomic E-state index is 13.5. The van der Waals surface area contributed by atoms with Gasteiger partial charge in [0, 0.05) is 11.5 Å².